The number of carbonyl (C=O) groups is 1. The van der Waals surface area contributed by atoms with Gasteiger partial charge >= 0.3 is 0 Å². The number of amides is 1. The smallest absolute Gasteiger partial charge is 0.255 e. The fraction of sp³-hybridized carbons (Fsp3) is 0.381. The van der Waals surface area contributed by atoms with Crippen molar-refractivity contribution in [2.45, 2.75) is 50.7 Å². The highest BCUT2D eigenvalue weighted by Crippen LogP contribution is 2.52. The average Bonchev–Trinajstić information content (AvgIpc) is 3.15. The molecule has 0 aromatic heterocycles. The summed E-state index contributed by atoms with van der Waals surface area (Å²) < 4.78 is 0.955. The first-order chi connectivity index (χ1) is 12.9. The van der Waals surface area contributed by atoms with Crippen molar-refractivity contribution in [1.29, 1.82) is 0 Å². The van der Waals surface area contributed by atoms with E-state index in [4.69, 9.17) is 17.3 Å². The summed E-state index contributed by atoms with van der Waals surface area (Å²) in [6, 6.07) is 11.9. The third kappa shape index (κ3) is 3.26. The number of nitrogens with two attached hydrogens (primary N) is 1. The van der Waals surface area contributed by atoms with Gasteiger partial charge in [-0.2, -0.15) is 0 Å². The van der Waals surface area contributed by atoms with Crippen LogP contribution in [0.15, 0.2) is 40.9 Å². The number of halogens is 2. The Labute approximate surface area is 173 Å². The van der Waals surface area contributed by atoms with Gasteiger partial charge in [-0.25, -0.2) is 0 Å². The zero-order valence-corrected chi connectivity index (χ0v) is 17.7. The van der Waals surface area contributed by atoms with Crippen molar-refractivity contribution in [3.8, 4) is 0 Å². The van der Waals surface area contributed by atoms with E-state index >= 15 is 0 Å². The van der Waals surface area contributed by atoms with Gasteiger partial charge in [-0.05, 0) is 84.6 Å². The SMILES string of the molecule is CC(C)N1c2c(Br)cc(C(=O)Nc3ccc(Cl)cc3)cc2C2CCC(N)C21. The molecule has 27 heavy (non-hydrogen) atoms. The molecule has 1 amide bonds. The standard InChI is InChI=1S/C21H23BrClN3O/c1-11(2)26-19-16(15-7-8-18(24)20(15)26)9-12(10-17(19)22)21(27)25-14-5-3-13(23)4-6-14/h3-6,9-11,15,18,20H,7-8,24H2,1-2H3,(H,25,27). The quantitative estimate of drug-likeness (QED) is 0.682. The average molecular weight is 449 g/mol. The largest absolute Gasteiger partial charge is 0.363 e. The minimum absolute atomic E-state index is 0.123. The fourth-order valence-electron chi connectivity index (χ4n) is 4.55. The fourth-order valence-corrected chi connectivity index (χ4v) is 5.35. The van der Waals surface area contributed by atoms with Crippen LogP contribution < -0.4 is 16.0 Å². The highest BCUT2D eigenvalue weighted by atomic mass is 79.9. The Morgan fingerprint density at radius 1 is 1.26 bits per heavy atom. The summed E-state index contributed by atoms with van der Waals surface area (Å²) in [5.74, 6) is 0.264. The molecule has 2 aliphatic rings. The molecule has 4 rings (SSSR count). The van der Waals surface area contributed by atoms with Gasteiger partial charge in [0.05, 0.1) is 11.7 Å². The predicted molar refractivity (Wildman–Crippen MR) is 115 cm³/mol. The number of benzene rings is 2. The van der Waals surface area contributed by atoms with Crippen LogP contribution in [0.5, 0.6) is 0 Å². The highest BCUT2D eigenvalue weighted by molar-refractivity contribution is 9.10. The lowest BCUT2D eigenvalue weighted by Gasteiger charge is -2.34. The molecule has 0 saturated heterocycles. The molecule has 3 unspecified atom stereocenters. The molecule has 4 nitrogen and oxygen atoms in total. The molecule has 2 aromatic carbocycles. The predicted octanol–water partition coefficient (Wildman–Crippen LogP) is 5.16. The van der Waals surface area contributed by atoms with Crippen molar-refractivity contribution in [2.75, 3.05) is 10.2 Å². The van der Waals surface area contributed by atoms with E-state index in [1.165, 1.54) is 11.3 Å². The molecule has 1 aliphatic carbocycles. The van der Waals surface area contributed by atoms with Gasteiger partial charge in [-0.15, -0.1) is 0 Å². The lowest BCUT2D eigenvalue weighted by atomic mass is 9.95. The first kappa shape index (κ1) is 18.8. The molecule has 3 N–H and O–H groups in total. The summed E-state index contributed by atoms with van der Waals surface area (Å²) >= 11 is 9.64. The summed E-state index contributed by atoms with van der Waals surface area (Å²) in [5, 5.41) is 3.59. The van der Waals surface area contributed by atoms with E-state index in [1.54, 1.807) is 24.3 Å². The van der Waals surface area contributed by atoms with Crippen LogP contribution in [0.1, 0.15) is 48.5 Å². The molecule has 1 heterocycles. The highest BCUT2D eigenvalue weighted by Gasteiger charge is 2.47. The summed E-state index contributed by atoms with van der Waals surface area (Å²) in [4.78, 5) is 15.3. The van der Waals surface area contributed by atoms with Gasteiger partial charge in [0.1, 0.15) is 0 Å². The van der Waals surface area contributed by atoms with Crippen LogP contribution in [0.3, 0.4) is 0 Å². The minimum Gasteiger partial charge on any atom is -0.363 e. The van der Waals surface area contributed by atoms with Gasteiger partial charge in [-0.3, -0.25) is 4.79 Å². The first-order valence-corrected chi connectivity index (χ1v) is 10.5. The van der Waals surface area contributed by atoms with E-state index in [2.05, 4.69) is 40.0 Å². The second-order valence-corrected chi connectivity index (χ2v) is 8.99. The van der Waals surface area contributed by atoms with E-state index in [1.807, 2.05) is 12.1 Å². The molecule has 142 valence electrons. The maximum absolute atomic E-state index is 12.8. The molecule has 2 aromatic rings. The maximum atomic E-state index is 12.8. The lowest BCUT2D eigenvalue weighted by Crippen LogP contribution is -2.47. The van der Waals surface area contributed by atoms with Crippen LogP contribution >= 0.6 is 27.5 Å². The Balaban J connectivity index is 1.69. The summed E-state index contributed by atoms with van der Waals surface area (Å²) in [5.41, 5.74) is 10.2. The van der Waals surface area contributed by atoms with E-state index < -0.39 is 0 Å². The lowest BCUT2D eigenvalue weighted by molar-refractivity contribution is 0.102. The number of rotatable bonds is 3. The Morgan fingerprint density at radius 3 is 2.63 bits per heavy atom. The van der Waals surface area contributed by atoms with Crippen LogP contribution in [0.2, 0.25) is 5.02 Å². The van der Waals surface area contributed by atoms with Crippen LogP contribution in [-0.4, -0.2) is 24.0 Å². The molecule has 1 aliphatic heterocycles. The molecule has 1 saturated carbocycles. The van der Waals surface area contributed by atoms with Crippen molar-refractivity contribution in [3.05, 3.63) is 57.0 Å². The zero-order chi connectivity index (χ0) is 19.3. The second-order valence-electron chi connectivity index (χ2n) is 7.70. The van der Waals surface area contributed by atoms with E-state index in [-0.39, 0.29) is 11.9 Å². The van der Waals surface area contributed by atoms with Gasteiger partial charge in [0.2, 0.25) is 0 Å². The van der Waals surface area contributed by atoms with Gasteiger partial charge in [0.25, 0.3) is 5.91 Å². The van der Waals surface area contributed by atoms with Gasteiger partial charge in [0, 0.05) is 38.7 Å². The molecule has 3 atom stereocenters. The van der Waals surface area contributed by atoms with Crippen LogP contribution in [-0.2, 0) is 0 Å². The molecular formula is C21H23BrClN3O. The molecule has 0 spiro atoms. The first-order valence-electron chi connectivity index (χ1n) is 9.31. The van der Waals surface area contributed by atoms with Crippen molar-refractivity contribution in [3.63, 3.8) is 0 Å². The number of nitrogens with zero attached hydrogens (tertiary/aromatic N) is 1. The number of fused-ring (bicyclic) bond motifs is 3. The van der Waals surface area contributed by atoms with Crippen molar-refractivity contribution in [2.24, 2.45) is 5.73 Å². The van der Waals surface area contributed by atoms with Crippen molar-refractivity contribution in [1.82, 2.24) is 0 Å². The Morgan fingerprint density at radius 2 is 1.96 bits per heavy atom. The molecule has 0 bridgehead atoms. The van der Waals surface area contributed by atoms with Crippen molar-refractivity contribution < 1.29 is 4.79 Å². The summed E-state index contributed by atoms with van der Waals surface area (Å²) in [6.07, 6.45) is 2.09. The van der Waals surface area contributed by atoms with E-state index in [0.29, 0.717) is 28.6 Å². The minimum atomic E-state index is -0.123. The summed E-state index contributed by atoms with van der Waals surface area (Å²) in [7, 11) is 0. The molecular weight excluding hydrogens is 426 g/mol. The van der Waals surface area contributed by atoms with Crippen LogP contribution in [0.4, 0.5) is 11.4 Å². The third-order valence-electron chi connectivity index (χ3n) is 5.65. The number of anilines is 2. The van der Waals surface area contributed by atoms with E-state index in [9.17, 15) is 4.79 Å². The number of hydrogen-bond donors (Lipinski definition) is 2. The van der Waals surface area contributed by atoms with Gasteiger partial charge in [0.15, 0.2) is 0 Å². The normalized spacial score (nSPS) is 23.5. The Hall–Kier alpha value is -1.56. The van der Waals surface area contributed by atoms with Crippen LogP contribution in [0, 0.1) is 0 Å². The topological polar surface area (TPSA) is 58.4 Å². The van der Waals surface area contributed by atoms with E-state index in [0.717, 1.165) is 23.0 Å². The van der Waals surface area contributed by atoms with Gasteiger partial charge < -0.3 is 16.0 Å². The second kappa shape index (κ2) is 7.12. The maximum Gasteiger partial charge on any atom is 0.255 e. The Bertz CT molecular complexity index is 884. The van der Waals surface area contributed by atoms with Crippen molar-refractivity contribution >= 4 is 44.8 Å². The van der Waals surface area contributed by atoms with Gasteiger partial charge in [-0.1, -0.05) is 11.6 Å². The Kier molecular flexibility index (Phi) is 4.95. The molecule has 6 heteroatoms. The number of carbonyl (C=O) groups excluding carboxylic acids is 1. The monoisotopic (exact) mass is 447 g/mol. The molecule has 1 fully saturated rings. The summed E-state index contributed by atoms with van der Waals surface area (Å²) in [6.45, 7) is 4.40. The molecule has 0 radical (unpaired) electrons. The number of nitrogens with one attached hydrogen (secondary N) is 1. The third-order valence-corrected chi connectivity index (χ3v) is 6.51. The van der Waals surface area contributed by atoms with Crippen LogP contribution in [0.25, 0.3) is 0 Å². The zero-order valence-electron chi connectivity index (χ0n) is 15.4. The number of hydrogen-bond acceptors (Lipinski definition) is 3.